The molecule has 3 nitrogen and oxygen atoms in total. The molecular weight excluding hydrogens is 272 g/mol. The van der Waals surface area contributed by atoms with Crippen LogP contribution in [0.15, 0.2) is 4.99 Å². The molecule has 3 heteroatoms. The van der Waals surface area contributed by atoms with Crippen LogP contribution < -0.4 is 5.73 Å². The van der Waals surface area contributed by atoms with Gasteiger partial charge in [0.15, 0.2) is 5.78 Å². The zero-order valence-electron chi connectivity index (χ0n) is 14.0. The molecule has 0 aromatic heterocycles. The average Bonchev–Trinajstić information content (AvgIpc) is 2.81. The molecule has 0 radical (unpaired) electrons. The number of carbonyl (C=O) groups excluding carboxylic acids is 1. The SMILES string of the molecule is NC1=NC(CCC2CCCCC2)(CC2CCCCC2)C(=O)C1. The number of hydrogen-bond donors (Lipinski definition) is 1. The van der Waals surface area contributed by atoms with Crippen molar-refractivity contribution in [2.45, 2.75) is 95.4 Å². The van der Waals surface area contributed by atoms with Gasteiger partial charge in [0.05, 0.1) is 6.42 Å². The molecule has 0 aromatic rings. The van der Waals surface area contributed by atoms with Crippen LogP contribution in [0.2, 0.25) is 0 Å². The predicted octanol–water partition coefficient (Wildman–Crippen LogP) is 4.39. The van der Waals surface area contributed by atoms with Gasteiger partial charge in [0, 0.05) is 0 Å². The van der Waals surface area contributed by atoms with Gasteiger partial charge in [0.25, 0.3) is 0 Å². The van der Waals surface area contributed by atoms with Crippen LogP contribution in [0.25, 0.3) is 0 Å². The Morgan fingerprint density at radius 2 is 1.55 bits per heavy atom. The molecule has 124 valence electrons. The molecule has 2 aliphatic carbocycles. The van der Waals surface area contributed by atoms with E-state index in [1.165, 1.54) is 70.6 Å². The van der Waals surface area contributed by atoms with E-state index in [2.05, 4.69) is 0 Å². The maximum atomic E-state index is 12.7. The summed E-state index contributed by atoms with van der Waals surface area (Å²) < 4.78 is 0. The lowest BCUT2D eigenvalue weighted by molar-refractivity contribution is -0.123. The van der Waals surface area contributed by atoms with E-state index < -0.39 is 5.54 Å². The number of nitrogens with zero attached hydrogens (tertiary/aromatic N) is 1. The highest BCUT2D eigenvalue weighted by Crippen LogP contribution is 2.40. The second-order valence-corrected chi connectivity index (χ2v) is 7.99. The van der Waals surface area contributed by atoms with Crippen LogP contribution in [0.3, 0.4) is 0 Å². The van der Waals surface area contributed by atoms with Crippen molar-refractivity contribution in [1.29, 1.82) is 0 Å². The highest BCUT2D eigenvalue weighted by molar-refractivity contribution is 6.10. The topological polar surface area (TPSA) is 55.4 Å². The van der Waals surface area contributed by atoms with Gasteiger partial charge < -0.3 is 5.73 Å². The third-order valence-corrected chi connectivity index (χ3v) is 6.26. The molecule has 1 heterocycles. The van der Waals surface area contributed by atoms with Gasteiger partial charge in [-0.2, -0.15) is 0 Å². The molecule has 1 atom stereocenters. The van der Waals surface area contributed by atoms with E-state index in [9.17, 15) is 4.79 Å². The molecule has 1 unspecified atom stereocenters. The summed E-state index contributed by atoms with van der Waals surface area (Å²) in [6.07, 6.45) is 17.0. The maximum Gasteiger partial charge on any atom is 0.167 e. The van der Waals surface area contributed by atoms with E-state index in [0.717, 1.165) is 18.8 Å². The van der Waals surface area contributed by atoms with Gasteiger partial charge in [-0.05, 0) is 31.1 Å². The monoisotopic (exact) mass is 304 g/mol. The Hall–Kier alpha value is -0.860. The molecule has 3 rings (SSSR count). The average molecular weight is 304 g/mol. The molecule has 0 aromatic carbocycles. The van der Waals surface area contributed by atoms with E-state index in [4.69, 9.17) is 10.7 Å². The number of amidine groups is 1. The van der Waals surface area contributed by atoms with Crippen LogP contribution in [0, 0.1) is 11.8 Å². The van der Waals surface area contributed by atoms with Gasteiger partial charge in [0.1, 0.15) is 11.4 Å². The molecule has 0 spiro atoms. The first-order valence-electron chi connectivity index (χ1n) is 9.55. The predicted molar refractivity (Wildman–Crippen MR) is 91.0 cm³/mol. The molecule has 0 bridgehead atoms. The largest absolute Gasteiger partial charge is 0.387 e. The molecule has 0 saturated heterocycles. The molecule has 1 aliphatic heterocycles. The number of nitrogens with two attached hydrogens (primary N) is 1. The Morgan fingerprint density at radius 1 is 0.955 bits per heavy atom. The Balaban J connectivity index is 1.64. The summed E-state index contributed by atoms with van der Waals surface area (Å²) >= 11 is 0. The summed E-state index contributed by atoms with van der Waals surface area (Å²) in [7, 11) is 0. The molecule has 2 fully saturated rings. The van der Waals surface area contributed by atoms with Gasteiger partial charge in [0.2, 0.25) is 0 Å². The number of ketones is 1. The lowest BCUT2D eigenvalue weighted by atomic mass is 9.74. The van der Waals surface area contributed by atoms with Crippen molar-refractivity contribution in [2.75, 3.05) is 0 Å². The van der Waals surface area contributed by atoms with Gasteiger partial charge in [-0.1, -0.05) is 64.2 Å². The Morgan fingerprint density at radius 3 is 2.09 bits per heavy atom. The van der Waals surface area contributed by atoms with E-state index in [1.807, 2.05) is 0 Å². The minimum Gasteiger partial charge on any atom is -0.387 e. The standard InChI is InChI=1S/C19H32N2O/c20-18-13-17(22)19(21-18,14-16-9-5-2-6-10-16)12-11-15-7-3-1-4-8-15/h15-16H,1-14H2,(H2,20,21). The Labute approximate surface area is 135 Å². The van der Waals surface area contributed by atoms with Crippen molar-refractivity contribution < 1.29 is 4.79 Å². The van der Waals surface area contributed by atoms with Crippen molar-refractivity contribution in [1.82, 2.24) is 0 Å². The first-order valence-corrected chi connectivity index (χ1v) is 9.55. The zero-order chi connectivity index (χ0) is 15.4. The first-order chi connectivity index (χ1) is 10.7. The fourth-order valence-corrected chi connectivity index (χ4v) is 4.95. The van der Waals surface area contributed by atoms with E-state index in [1.54, 1.807) is 0 Å². The molecule has 2 N–H and O–H groups in total. The van der Waals surface area contributed by atoms with Crippen molar-refractivity contribution in [2.24, 2.45) is 22.6 Å². The van der Waals surface area contributed by atoms with Crippen molar-refractivity contribution >= 4 is 11.6 Å². The fourth-order valence-electron chi connectivity index (χ4n) is 4.95. The summed E-state index contributed by atoms with van der Waals surface area (Å²) in [5, 5.41) is 0. The lowest BCUT2D eigenvalue weighted by Crippen LogP contribution is -2.36. The van der Waals surface area contributed by atoms with E-state index in [0.29, 0.717) is 24.0 Å². The summed E-state index contributed by atoms with van der Waals surface area (Å²) in [6, 6.07) is 0. The third kappa shape index (κ3) is 3.72. The van der Waals surface area contributed by atoms with Gasteiger partial charge in [-0.25, -0.2) is 0 Å². The van der Waals surface area contributed by atoms with Crippen molar-refractivity contribution in [3.05, 3.63) is 0 Å². The lowest BCUT2D eigenvalue weighted by Gasteiger charge is -2.33. The third-order valence-electron chi connectivity index (χ3n) is 6.26. The van der Waals surface area contributed by atoms with Crippen LogP contribution in [-0.2, 0) is 4.79 Å². The highest BCUT2D eigenvalue weighted by atomic mass is 16.1. The number of rotatable bonds is 5. The number of aliphatic imine (C=N–C) groups is 1. The summed E-state index contributed by atoms with van der Waals surface area (Å²) in [4.78, 5) is 17.4. The van der Waals surface area contributed by atoms with Crippen molar-refractivity contribution in [3.63, 3.8) is 0 Å². The van der Waals surface area contributed by atoms with Crippen LogP contribution in [-0.4, -0.2) is 17.2 Å². The quantitative estimate of drug-likeness (QED) is 0.819. The number of carbonyl (C=O) groups is 1. The Kier molecular flexibility index (Phi) is 5.20. The van der Waals surface area contributed by atoms with Gasteiger partial charge in [-0.3, -0.25) is 9.79 Å². The van der Waals surface area contributed by atoms with E-state index >= 15 is 0 Å². The number of hydrogen-bond acceptors (Lipinski definition) is 3. The van der Waals surface area contributed by atoms with E-state index in [-0.39, 0.29) is 0 Å². The summed E-state index contributed by atoms with van der Waals surface area (Å²) in [6.45, 7) is 0. The Bertz CT molecular complexity index is 419. The number of Topliss-reactive ketones (excluding diaryl/α,β-unsaturated/α-hetero) is 1. The second kappa shape index (κ2) is 7.14. The normalized spacial score (nSPS) is 31.5. The van der Waals surface area contributed by atoms with Crippen LogP contribution in [0.5, 0.6) is 0 Å². The smallest absolute Gasteiger partial charge is 0.167 e. The van der Waals surface area contributed by atoms with Crippen molar-refractivity contribution in [3.8, 4) is 0 Å². The fraction of sp³-hybridized carbons (Fsp3) is 0.895. The zero-order valence-corrected chi connectivity index (χ0v) is 14.0. The van der Waals surface area contributed by atoms with Gasteiger partial charge >= 0.3 is 0 Å². The molecule has 22 heavy (non-hydrogen) atoms. The molecule has 3 aliphatic rings. The molecule has 2 saturated carbocycles. The minimum absolute atomic E-state index is 0.311. The van der Waals surface area contributed by atoms with Crippen LogP contribution in [0.1, 0.15) is 89.9 Å². The second-order valence-electron chi connectivity index (χ2n) is 7.99. The maximum absolute atomic E-state index is 12.7. The summed E-state index contributed by atoms with van der Waals surface area (Å²) in [5.41, 5.74) is 5.50. The van der Waals surface area contributed by atoms with Crippen LogP contribution in [0.4, 0.5) is 0 Å². The van der Waals surface area contributed by atoms with Crippen LogP contribution >= 0.6 is 0 Å². The minimum atomic E-state index is -0.441. The van der Waals surface area contributed by atoms with Gasteiger partial charge in [-0.15, -0.1) is 0 Å². The molecule has 0 amide bonds. The summed E-state index contributed by atoms with van der Waals surface area (Å²) in [5.74, 6) is 2.41. The first kappa shape index (κ1) is 16.0. The highest BCUT2D eigenvalue weighted by Gasteiger charge is 2.44. The molecular formula is C19H32N2O.